The summed E-state index contributed by atoms with van der Waals surface area (Å²) in [5.74, 6) is 1.72. The molecule has 0 spiro atoms. The van der Waals surface area contributed by atoms with E-state index in [-0.39, 0.29) is 31.4 Å². The van der Waals surface area contributed by atoms with Crippen molar-refractivity contribution in [2.24, 2.45) is 0 Å². The van der Waals surface area contributed by atoms with Crippen LogP contribution in [0.5, 0.6) is 17.2 Å². The van der Waals surface area contributed by atoms with Gasteiger partial charge in [0, 0.05) is 25.0 Å². The standard InChI is InChI=1S/C28H28N4O4/c1-21-11-13-25(14-12-21)36-26-10-6-7-23(17-26)31(2)28(34)20-32-19-22(18-29-32)30-27(33)15-16-35-24-8-4-3-5-9-24/h3-14,17-19H,15-16,20H2,1-2H3,(H,30,33). The first-order chi connectivity index (χ1) is 17.5. The molecule has 4 aromatic rings. The van der Waals surface area contributed by atoms with Crippen LogP contribution in [-0.4, -0.2) is 35.2 Å². The Morgan fingerprint density at radius 2 is 1.69 bits per heavy atom. The van der Waals surface area contributed by atoms with E-state index in [9.17, 15) is 9.59 Å². The van der Waals surface area contributed by atoms with Gasteiger partial charge in [0.25, 0.3) is 0 Å². The normalized spacial score (nSPS) is 10.5. The number of hydrogen-bond donors (Lipinski definition) is 1. The molecule has 8 nitrogen and oxygen atoms in total. The summed E-state index contributed by atoms with van der Waals surface area (Å²) >= 11 is 0. The lowest BCUT2D eigenvalue weighted by Crippen LogP contribution is -2.30. The maximum absolute atomic E-state index is 12.8. The molecular weight excluding hydrogens is 456 g/mol. The minimum Gasteiger partial charge on any atom is -0.493 e. The van der Waals surface area contributed by atoms with Crippen molar-refractivity contribution in [2.45, 2.75) is 19.9 Å². The lowest BCUT2D eigenvalue weighted by Gasteiger charge is -2.18. The molecule has 0 bridgehead atoms. The summed E-state index contributed by atoms with van der Waals surface area (Å²) < 4.78 is 12.9. The predicted molar refractivity (Wildman–Crippen MR) is 139 cm³/mol. The maximum Gasteiger partial charge on any atom is 0.248 e. The number of nitrogens with zero attached hydrogens (tertiary/aromatic N) is 3. The van der Waals surface area contributed by atoms with Crippen molar-refractivity contribution < 1.29 is 19.1 Å². The molecule has 0 saturated heterocycles. The fourth-order valence-electron chi connectivity index (χ4n) is 3.40. The van der Waals surface area contributed by atoms with E-state index >= 15 is 0 Å². The fourth-order valence-corrected chi connectivity index (χ4v) is 3.40. The monoisotopic (exact) mass is 484 g/mol. The van der Waals surface area contributed by atoms with Crippen LogP contribution in [0.25, 0.3) is 0 Å². The molecule has 0 aliphatic carbocycles. The van der Waals surface area contributed by atoms with Gasteiger partial charge in [-0.2, -0.15) is 5.10 Å². The van der Waals surface area contributed by atoms with Crippen LogP contribution in [0.1, 0.15) is 12.0 Å². The summed E-state index contributed by atoms with van der Waals surface area (Å²) in [4.78, 5) is 26.6. The lowest BCUT2D eigenvalue weighted by molar-refractivity contribution is -0.119. The highest BCUT2D eigenvalue weighted by molar-refractivity contribution is 5.93. The lowest BCUT2D eigenvalue weighted by atomic mass is 10.2. The first kappa shape index (κ1) is 24.5. The smallest absolute Gasteiger partial charge is 0.248 e. The number of anilines is 2. The van der Waals surface area contributed by atoms with Crippen LogP contribution in [0.2, 0.25) is 0 Å². The van der Waals surface area contributed by atoms with Crippen LogP contribution in [0.3, 0.4) is 0 Å². The molecule has 0 radical (unpaired) electrons. The topological polar surface area (TPSA) is 85.7 Å². The summed E-state index contributed by atoms with van der Waals surface area (Å²) in [5.41, 5.74) is 2.37. The molecule has 0 unspecified atom stereocenters. The van der Waals surface area contributed by atoms with Crippen LogP contribution in [0.4, 0.5) is 11.4 Å². The van der Waals surface area contributed by atoms with E-state index in [0.717, 1.165) is 11.3 Å². The SMILES string of the molecule is Cc1ccc(Oc2cccc(N(C)C(=O)Cn3cc(NC(=O)CCOc4ccccc4)cn3)c2)cc1. The summed E-state index contributed by atoms with van der Waals surface area (Å²) in [6.07, 6.45) is 3.33. The Morgan fingerprint density at radius 3 is 2.47 bits per heavy atom. The molecule has 1 heterocycles. The molecule has 3 aromatic carbocycles. The fraction of sp³-hybridized carbons (Fsp3) is 0.179. The third kappa shape index (κ3) is 6.96. The van der Waals surface area contributed by atoms with Crippen LogP contribution < -0.4 is 19.7 Å². The van der Waals surface area contributed by atoms with Gasteiger partial charge in [-0.15, -0.1) is 0 Å². The number of aryl methyl sites for hydroxylation is 1. The van der Waals surface area contributed by atoms with Crippen molar-refractivity contribution in [2.75, 3.05) is 23.9 Å². The van der Waals surface area contributed by atoms with Gasteiger partial charge in [-0.3, -0.25) is 14.3 Å². The largest absolute Gasteiger partial charge is 0.493 e. The first-order valence-corrected chi connectivity index (χ1v) is 11.6. The van der Waals surface area contributed by atoms with E-state index in [1.54, 1.807) is 18.1 Å². The van der Waals surface area contributed by atoms with Gasteiger partial charge in [-0.25, -0.2) is 0 Å². The van der Waals surface area contributed by atoms with Gasteiger partial charge < -0.3 is 19.7 Å². The summed E-state index contributed by atoms with van der Waals surface area (Å²) in [6, 6.07) is 24.4. The number of nitrogens with one attached hydrogen (secondary N) is 1. The average Bonchev–Trinajstić information content (AvgIpc) is 3.32. The van der Waals surface area contributed by atoms with Crippen molar-refractivity contribution >= 4 is 23.2 Å². The number of benzene rings is 3. The third-order valence-electron chi connectivity index (χ3n) is 5.39. The second-order valence-electron chi connectivity index (χ2n) is 8.25. The third-order valence-corrected chi connectivity index (χ3v) is 5.39. The molecule has 0 atom stereocenters. The zero-order chi connectivity index (χ0) is 25.3. The number of amides is 2. The Bertz CT molecular complexity index is 1300. The average molecular weight is 485 g/mol. The van der Waals surface area contributed by atoms with E-state index in [2.05, 4.69) is 10.4 Å². The summed E-state index contributed by atoms with van der Waals surface area (Å²) in [5, 5.41) is 6.97. The van der Waals surface area contributed by atoms with Gasteiger partial charge in [0.2, 0.25) is 11.8 Å². The number of likely N-dealkylation sites (N-methyl/N-ethyl adjacent to an activating group) is 1. The van der Waals surface area contributed by atoms with Crippen molar-refractivity contribution in [1.82, 2.24) is 9.78 Å². The van der Waals surface area contributed by atoms with Gasteiger partial charge in [0.1, 0.15) is 23.8 Å². The van der Waals surface area contributed by atoms with Gasteiger partial charge in [-0.05, 0) is 43.3 Å². The first-order valence-electron chi connectivity index (χ1n) is 11.6. The van der Waals surface area contributed by atoms with Crippen molar-refractivity contribution in [3.05, 3.63) is 96.8 Å². The Balaban J connectivity index is 1.27. The van der Waals surface area contributed by atoms with Gasteiger partial charge in [0.15, 0.2) is 0 Å². The number of carbonyl (C=O) groups excluding carboxylic acids is 2. The van der Waals surface area contributed by atoms with E-state index in [4.69, 9.17) is 9.47 Å². The van der Waals surface area contributed by atoms with E-state index < -0.39 is 0 Å². The Labute approximate surface area is 210 Å². The van der Waals surface area contributed by atoms with Gasteiger partial charge in [0.05, 0.1) is 24.9 Å². The molecule has 1 N–H and O–H groups in total. The molecule has 2 amide bonds. The van der Waals surface area contributed by atoms with Crippen LogP contribution in [-0.2, 0) is 16.1 Å². The highest BCUT2D eigenvalue weighted by atomic mass is 16.5. The number of ether oxygens (including phenoxy) is 2. The predicted octanol–water partition coefficient (Wildman–Crippen LogP) is 5.05. The Hall–Kier alpha value is -4.59. The van der Waals surface area contributed by atoms with Crippen molar-refractivity contribution in [3.63, 3.8) is 0 Å². The number of para-hydroxylation sites is 1. The minimum absolute atomic E-state index is 0.0204. The van der Waals surface area contributed by atoms with E-state index in [1.807, 2.05) is 85.8 Å². The molecule has 8 heteroatoms. The van der Waals surface area contributed by atoms with Crippen molar-refractivity contribution in [1.29, 1.82) is 0 Å². The van der Waals surface area contributed by atoms with Gasteiger partial charge >= 0.3 is 0 Å². The number of hydrogen-bond acceptors (Lipinski definition) is 5. The summed E-state index contributed by atoms with van der Waals surface area (Å²) in [6.45, 7) is 2.30. The summed E-state index contributed by atoms with van der Waals surface area (Å²) in [7, 11) is 1.70. The molecule has 0 aliphatic heterocycles. The number of rotatable bonds is 10. The molecular formula is C28H28N4O4. The van der Waals surface area contributed by atoms with Crippen LogP contribution >= 0.6 is 0 Å². The highest BCUT2D eigenvalue weighted by Crippen LogP contribution is 2.26. The molecule has 4 rings (SSSR count). The highest BCUT2D eigenvalue weighted by Gasteiger charge is 2.14. The molecule has 1 aromatic heterocycles. The number of carbonyl (C=O) groups is 2. The maximum atomic E-state index is 12.8. The second-order valence-corrected chi connectivity index (χ2v) is 8.25. The van der Waals surface area contributed by atoms with E-state index in [1.165, 1.54) is 10.9 Å². The molecule has 36 heavy (non-hydrogen) atoms. The van der Waals surface area contributed by atoms with Crippen molar-refractivity contribution in [3.8, 4) is 17.2 Å². The van der Waals surface area contributed by atoms with Crippen LogP contribution in [0.15, 0.2) is 91.3 Å². The van der Waals surface area contributed by atoms with E-state index in [0.29, 0.717) is 22.9 Å². The zero-order valence-electron chi connectivity index (χ0n) is 20.3. The van der Waals surface area contributed by atoms with Crippen LogP contribution in [0, 0.1) is 6.92 Å². The Morgan fingerprint density at radius 1 is 0.944 bits per heavy atom. The second kappa shape index (κ2) is 11.7. The minimum atomic E-state index is -0.195. The zero-order valence-corrected chi connectivity index (χ0v) is 20.3. The Kier molecular flexibility index (Phi) is 7.97. The number of aromatic nitrogens is 2. The molecule has 0 saturated carbocycles. The van der Waals surface area contributed by atoms with Gasteiger partial charge in [-0.1, -0.05) is 42.0 Å². The molecule has 0 fully saturated rings. The molecule has 0 aliphatic rings. The molecule has 184 valence electrons. The quantitative estimate of drug-likeness (QED) is 0.340.